The van der Waals surface area contributed by atoms with Gasteiger partial charge >= 0.3 is 0 Å². The molecule has 8 heteroatoms. The molecule has 0 fully saturated rings. The Kier molecular flexibility index (Phi) is 7.74. The molecular weight excluding hydrogens is 503 g/mol. The van der Waals surface area contributed by atoms with Crippen LogP contribution in [0.5, 0.6) is 0 Å². The van der Waals surface area contributed by atoms with Crippen molar-refractivity contribution >= 4 is 44.8 Å². The van der Waals surface area contributed by atoms with Gasteiger partial charge in [-0.1, -0.05) is 65.2 Å². The number of carbonyl (C=O) groups is 1. The summed E-state index contributed by atoms with van der Waals surface area (Å²) >= 11 is 12.6. The number of hydrogen-bond acceptors (Lipinski definition) is 3. The first-order valence-electron chi connectivity index (χ1n) is 11.6. The summed E-state index contributed by atoms with van der Waals surface area (Å²) in [5.41, 5.74) is 4.76. The normalized spacial score (nSPS) is 14.2. The Morgan fingerprint density at radius 2 is 1.69 bits per heavy atom. The van der Waals surface area contributed by atoms with Gasteiger partial charge in [-0.2, -0.15) is 0 Å². The Morgan fingerprint density at radius 1 is 1.00 bits per heavy atom. The number of halogens is 2. The Bertz CT molecular complexity index is 1340. The second kappa shape index (κ2) is 10.6. The average Bonchev–Trinajstić information content (AvgIpc) is 2.84. The van der Waals surface area contributed by atoms with Crippen LogP contribution in [0.1, 0.15) is 48.1 Å². The van der Waals surface area contributed by atoms with Gasteiger partial charge in [-0.3, -0.25) is 9.10 Å². The first-order chi connectivity index (χ1) is 16.7. The summed E-state index contributed by atoms with van der Waals surface area (Å²) in [5, 5.41) is 3.22. The Hall–Kier alpha value is -2.54. The standard InChI is InChI=1S/C27H28Cl2N2O3S/c1-18-10-14-23(15-11-18)35(33,34)31(25-9-5-8-24(28)27(25)29)17-26(32)30-19(2)21-13-12-20-6-3-4-7-22(20)16-21/h5,8-16,19H,3-4,6-7,17H2,1-2H3,(H,30,32). The zero-order valence-corrected chi connectivity index (χ0v) is 22.1. The molecule has 1 aliphatic rings. The van der Waals surface area contributed by atoms with Gasteiger partial charge in [0.25, 0.3) is 10.0 Å². The molecule has 1 atom stereocenters. The Balaban J connectivity index is 1.61. The molecule has 3 aromatic rings. The van der Waals surface area contributed by atoms with Crippen molar-refractivity contribution in [2.24, 2.45) is 0 Å². The van der Waals surface area contributed by atoms with Crippen molar-refractivity contribution in [3.8, 4) is 0 Å². The quantitative estimate of drug-likeness (QED) is 0.392. The number of rotatable bonds is 7. The van der Waals surface area contributed by atoms with E-state index in [1.165, 1.54) is 36.1 Å². The Morgan fingerprint density at radius 3 is 2.40 bits per heavy atom. The third kappa shape index (κ3) is 5.66. The van der Waals surface area contributed by atoms with Crippen molar-refractivity contribution in [2.45, 2.75) is 50.5 Å². The van der Waals surface area contributed by atoms with Gasteiger partial charge in [0.05, 0.1) is 26.7 Å². The van der Waals surface area contributed by atoms with Gasteiger partial charge in [-0.25, -0.2) is 8.42 Å². The summed E-state index contributed by atoms with van der Waals surface area (Å²) in [4.78, 5) is 13.2. The topological polar surface area (TPSA) is 66.5 Å². The fourth-order valence-corrected chi connectivity index (χ4v) is 6.23. The average molecular weight is 532 g/mol. The first kappa shape index (κ1) is 25.5. The van der Waals surface area contributed by atoms with Crippen LogP contribution in [0.2, 0.25) is 10.0 Å². The number of aryl methyl sites for hydroxylation is 3. The van der Waals surface area contributed by atoms with E-state index in [4.69, 9.17) is 23.2 Å². The second-order valence-electron chi connectivity index (χ2n) is 8.92. The predicted octanol–water partition coefficient (Wildman–Crippen LogP) is 6.25. The van der Waals surface area contributed by atoms with E-state index < -0.39 is 22.5 Å². The number of carbonyl (C=O) groups excluding carboxylic acids is 1. The summed E-state index contributed by atoms with van der Waals surface area (Å²) < 4.78 is 28.2. The lowest BCUT2D eigenvalue weighted by molar-refractivity contribution is -0.120. The molecule has 184 valence electrons. The zero-order chi connectivity index (χ0) is 25.2. The number of anilines is 1. The molecular formula is C27H28Cl2N2O3S. The molecule has 0 heterocycles. The molecule has 0 aliphatic heterocycles. The van der Waals surface area contributed by atoms with Crippen LogP contribution in [0.3, 0.4) is 0 Å². The molecule has 0 saturated heterocycles. The van der Waals surface area contributed by atoms with Crippen molar-refractivity contribution in [1.29, 1.82) is 0 Å². The van der Waals surface area contributed by atoms with E-state index in [0.717, 1.165) is 28.3 Å². The van der Waals surface area contributed by atoms with Gasteiger partial charge in [-0.05, 0) is 80.5 Å². The molecule has 1 aliphatic carbocycles. The lowest BCUT2D eigenvalue weighted by atomic mass is 9.89. The SMILES string of the molecule is Cc1ccc(S(=O)(=O)N(CC(=O)NC(C)c2ccc3c(c2)CCCC3)c2cccc(Cl)c2Cl)cc1. The van der Waals surface area contributed by atoms with Crippen molar-refractivity contribution in [1.82, 2.24) is 5.32 Å². The number of sulfonamides is 1. The highest BCUT2D eigenvalue weighted by atomic mass is 35.5. The number of fused-ring (bicyclic) bond motifs is 1. The van der Waals surface area contributed by atoms with Gasteiger partial charge in [0.2, 0.25) is 5.91 Å². The first-order valence-corrected chi connectivity index (χ1v) is 13.8. The van der Waals surface area contributed by atoms with Gasteiger partial charge in [0, 0.05) is 0 Å². The molecule has 1 amide bonds. The van der Waals surface area contributed by atoms with E-state index in [1.54, 1.807) is 30.3 Å². The van der Waals surface area contributed by atoms with Crippen LogP contribution in [-0.2, 0) is 27.7 Å². The third-order valence-electron chi connectivity index (χ3n) is 6.35. The lowest BCUT2D eigenvalue weighted by Gasteiger charge is -2.26. The molecule has 1 N–H and O–H groups in total. The molecule has 0 bridgehead atoms. The number of nitrogens with one attached hydrogen (secondary N) is 1. The van der Waals surface area contributed by atoms with E-state index in [-0.39, 0.29) is 26.7 Å². The van der Waals surface area contributed by atoms with E-state index >= 15 is 0 Å². The highest BCUT2D eigenvalue weighted by molar-refractivity contribution is 7.92. The number of hydrogen-bond donors (Lipinski definition) is 1. The van der Waals surface area contributed by atoms with Crippen LogP contribution in [0, 0.1) is 6.92 Å². The number of benzene rings is 3. The summed E-state index contributed by atoms with van der Waals surface area (Å²) in [6, 6.07) is 17.2. The summed E-state index contributed by atoms with van der Waals surface area (Å²) in [6.45, 7) is 3.33. The molecule has 0 saturated carbocycles. The minimum absolute atomic E-state index is 0.0645. The molecule has 1 unspecified atom stereocenters. The molecule has 4 rings (SSSR count). The van der Waals surface area contributed by atoms with Crippen LogP contribution >= 0.6 is 23.2 Å². The van der Waals surface area contributed by atoms with E-state index in [2.05, 4.69) is 17.4 Å². The van der Waals surface area contributed by atoms with Crippen LogP contribution < -0.4 is 9.62 Å². The largest absolute Gasteiger partial charge is 0.348 e. The van der Waals surface area contributed by atoms with Crippen molar-refractivity contribution in [2.75, 3.05) is 10.8 Å². The highest BCUT2D eigenvalue weighted by Gasteiger charge is 2.30. The Labute approximate surface area is 217 Å². The third-order valence-corrected chi connectivity index (χ3v) is 8.93. The van der Waals surface area contributed by atoms with Crippen molar-refractivity contribution in [3.05, 3.63) is 93.0 Å². The van der Waals surface area contributed by atoms with Gasteiger partial charge in [0.1, 0.15) is 6.54 Å². The summed E-state index contributed by atoms with van der Waals surface area (Å²) in [5.74, 6) is -0.443. The maximum absolute atomic E-state index is 13.6. The fraction of sp³-hybridized carbons (Fsp3) is 0.296. The van der Waals surface area contributed by atoms with Crippen molar-refractivity contribution < 1.29 is 13.2 Å². The highest BCUT2D eigenvalue weighted by Crippen LogP contribution is 2.35. The van der Waals surface area contributed by atoms with E-state index in [1.807, 2.05) is 19.9 Å². The number of amides is 1. The van der Waals surface area contributed by atoms with E-state index in [0.29, 0.717) is 0 Å². The minimum atomic E-state index is -4.09. The van der Waals surface area contributed by atoms with Gasteiger partial charge in [0.15, 0.2) is 0 Å². The zero-order valence-electron chi connectivity index (χ0n) is 19.7. The molecule has 3 aromatic carbocycles. The second-order valence-corrected chi connectivity index (χ2v) is 11.6. The molecule has 0 radical (unpaired) electrons. The molecule has 0 aromatic heterocycles. The lowest BCUT2D eigenvalue weighted by Crippen LogP contribution is -2.41. The van der Waals surface area contributed by atoms with Gasteiger partial charge < -0.3 is 5.32 Å². The van der Waals surface area contributed by atoms with Crippen LogP contribution in [0.4, 0.5) is 5.69 Å². The molecule has 5 nitrogen and oxygen atoms in total. The predicted molar refractivity (Wildman–Crippen MR) is 142 cm³/mol. The number of nitrogens with zero attached hydrogens (tertiary/aromatic N) is 1. The fourth-order valence-electron chi connectivity index (χ4n) is 4.35. The minimum Gasteiger partial charge on any atom is -0.348 e. The maximum Gasteiger partial charge on any atom is 0.264 e. The molecule has 0 spiro atoms. The van der Waals surface area contributed by atoms with Gasteiger partial charge in [-0.15, -0.1) is 0 Å². The summed E-state index contributed by atoms with van der Waals surface area (Å²) in [7, 11) is -4.09. The van der Waals surface area contributed by atoms with Crippen LogP contribution in [-0.4, -0.2) is 20.9 Å². The smallest absolute Gasteiger partial charge is 0.264 e. The summed E-state index contributed by atoms with van der Waals surface area (Å²) in [6.07, 6.45) is 4.50. The molecule has 35 heavy (non-hydrogen) atoms. The van der Waals surface area contributed by atoms with Crippen LogP contribution in [0.25, 0.3) is 0 Å². The van der Waals surface area contributed by atoms with Crippen molar-refractivity contribution in [3.63, 3.8) is 0 Å². The monoisotopic (exact) mass is 530 g/mol. The van der Waals surface area contributed by atoms with E-state index in [9.17, 15) is 13.2 Å². The van der Waals surface area contributed by atoms with Crippen LogP contribution in [0.15, 0.2) is 65.6 Å². The maximum atomic E-state index is 13.6.